The molecule has 4 rings (SSSR count). The number of hydrogen-bond donors (Lipinski definition) is 1. The highest BCUT2D eigenvalue weighted by Crippen LogP contribution is 2.37. The SMILES string of the molecule is O=S(=O)(c1c(Cl)cc(Cl)cc1Cl)N(Cc1cccc(O)c1)c1ccc(OCCN2CCCC2)cc1. The maximum Gasteiger partial charge on any atom is 0.267 e. The second kappa shape index (κ2) is 11.3. The molecule has 0 unspecified atom stereocenters. The number of sulfonamides is 1. The Kier molecular flexibility index (Phi) is 8.34. The predicted octanol–water partition coefficient (Wildman–Crippen LogP) is 6.22. The minimum Gasteiger partial charge on any atom is -0.508 e. The molecular formula is C25H25Cl3N2O4S. The molecule has 3 aromatic rings. The van der Waals surface area contributed by atoms with Gasteiger partial charge in [0.25, 0.3) is 10.0 Å². The third-order valence-electron chi connectivity index (χ3n) is 5.75. The zero-order valence-corrected chi connectivity index (χ0v) is 21.9. The first-order valence-corrected chi connectivity index (χ1v) is 13.7. The molecule has 0 aromatic heterocycles. The van der Waals surface area contributed by atoms with Crippen LogP contribution in [0.1, 0.15) is 18.4 Å². The molecule has 1 fully saturated rings. The van der Waals surface area contributed by atoms with E-state index < -0.39 is 10.0 Å². The standard InChI is InChI=1S/C25H25Cl3N2O4S/c26-19-15-23(27)25(24(28)16-19)35(32,33)30(17-18-4-3-5-21(31)14-18)20-6-8-22(9-7-20)34-13-12-29-10-1-2-11-29/h3-9,14-16,31H,1-2,10-13,17H2. The van der Waals surface area contributed by atoms with E-state index in [1.807, 2.05) is 0 Å². The lowest BCUT2D eigenvalue weighted by Crippen LogP contribution is -2.31. The predicted molar refractivity (Wildman–Crippen MR) is 141 cm³/mol. The Morgan fingerprint density at radius 3 is 2.23 bits per heavy atom. The second-order valence-electron chi connectivity index (χ2n) is 8.27. The summed E-state index contributed by atoms with van der Waals surface area (Å²) in [5, 5.41) is 9.96. The number of phenols is 1. The van der Waals surface area contributed by atoms with Crippen molar-refractivity contribution in [1.29, 1.82) is 0 Å². The smallest absolute Gasteiger partial charge is 0.267 e. The van der Waals surface area contributed by atoms with Gasteiger partial charge in [-0.2, -0.15) is 0 Å². The van der Waals surface area contributed by atoms with Crippen molar-refractivity contribution >= 4 is 50.5 Å². The van der Waals surface area contributed by atoms with Crippen LogP contribution in [0.15, 0.2) is 65.6 Å². The number of ether oxygens (including phenoxy) is 1. The lowest BCUT2D eigenvalue weighted by atomic mass is 10.2. The third kappa shape index (κ3) is 6.35. The van der Waals surface area contributed by atoms with Gasteiger partial charge in [-0.3, -0.25) is 9.21 Å². The number of aromatic hydroxyl groups is 1. The topological polar surface area (TPSA) is 70.1 Å². The summed E-state index contributed by atoms with van der Waals surface area (Å²) >= 11 is 18.5. The largest absolute Gasteiger partial charge is 0.508 e. The van der Waals surface area contributed by atoms with Crippen LogP contribution in [-0.4, -0.2) is 44.7 Å². The summed E-state index contributed by atoms with van der Waals surface area (Å²) < 4.78 is 34.6. The first-order valence-electron chi connectivity index (χ1n) is 11.1. The highest BCUT2D eigenvalue weighted by Gasteiger charge is 2.30. The molecule has 0 saturated carbocycles. The van der Waals surface area contributed by atoms with Crippen molar-refractivity contribution in [3.8, 4) is 11.5 Å². The lowest BCUT2D eigenvalue weighted by molar-refractivity contribution is 0.238. The molecule has 1 heterocycles. The maximum absolute atomic E-state index is 13.8. The lowest BCUT2D eigenvalue weighted by Gasteiger charge is -2.26. The molecule has 0 amide bonds. The van der Waals surface area contributed by atoms with Crippen LogP contribution >= 0.6 is 34.8 Å². The monoisotopic (exact) mass is 554 g/mol. The van der Waals surface area contributed by atoms with Gasteiger partial charge in [-0.05, 0) is 80.0 Å². The molecule has 0 radical (unpaired) electrons. The number of anilines is 1. The molecule has 0 aliphatic carbocycles. The minimum atomic E-state index is -4.20. The number of likely N-dealkylation sites (tertiary alicyclic amines) is 1. The molecule has 1 aliphatic rings. The molecule has 186 valence electrons. The van der Waals surface area contributed by atoms with E-state index in [4.69, 9.17) is 39.5 Å². The fraction of sp³-hybridized carbons (Fsp3) is 0.280. The summed E-state index contributed by atoms with van der Waals surface area (Å²) in [7, 11) is -4.20. The zero-order valence-electron chi connectivity index (χ0n) is 18.8. The van der Waals surface area contributed by atoms with Gasteiger partial charge in [-0.25, -0.2) is 8.42 Å². The van der Waals surface area contributed by atoms with Gasteiger partial charge >= 0.3 is 0 Å². The number of rotatable bonds is 9. The van der Waals surface area contributed by atoms with Gasteiger partial charge in [0, 0.05) is 11.6 Å². The van der Waals surface area contributed by atoms with Crippen LogP contribution in [0.4, 0.5) is 5.69 Å². The summed E-state index contributed by atoms with van der Waals surface area (Å²) in [5.41, 5.74) is 0.975. The normalized spacial score (nSPS) is 14.3. The van der Waals surface area contributed by atoms with Gasteiger partial charge < -0.3 is 9.84 Å². The summed E-state index contributed by atoms with van der Waals surface area (Å²) in [6.07, 6.45) is 2.44. The third-order valence-corrected chi connectivity index (χ3v) is 8.66. The van der Waals surface area contributed by atoms with E-state index in [9.17, 15) is 13.5 Å². The van der Waals surface area contributed by atoms with E-state index in [2.05, 4.69) is 4.90 Å². The molecule has 1 saturated heterocycles. The van der Waals surface area contributed by atoms with Crippen molar-refractivity contribution in [2.45, 2.75) is 24.3 Å². The van der Waals surface area contributed by atoms with Crippen LogP contribution in [0.5, 0.6) is 11.5 Å². The van der Waals surface area contributed by atoms with E-state index in [1.165, 1.54) is 41.4 Å². The molecule has 1 N–H and O–H groups in total. The molecule has 10 heteroatoms. The number of halogens is 3. The minimum absolute atomic E-state index is 0.0316. The number of benzene rings is 3. The summed E-state index contributed by atoms with van der Waals surface area (Å²) in [4.78, 5) is 2.12. The molecule has 0 bridgehead atoms. The van der Waals surface area contributed by atoms with Crippen molar-refractivity contribution in [3.63, 3.8) is 0 Å². The van der Waals surface area contributed by atoms with E-state index in [0.717, 1.165) is 19.6 Å². The number of hydrogen-bond acceptors (Lipinski definition) is 5. The van der Waals surface area contributed by atoms with Crippen LogP contribution in [0.3, 0.4) is 0 Å². The van der Waals surface area contributed by atoms with Gasteiger partial charge in [0.2, 0.25) is 0 Å². The summed E-state index contributed by atoms with van der Waals surface area (Å²) in [6.45, 7) is 3.55. The van der Waals surface area contributed by atoms with E-state index in [0.29, 0.717) is 23.6 Å². The second-order valence-corrected chi connectivity index (χ2v) is 11.3. The van der Waals surface area contributed by atoms with Crippen LogP contribution in [0, 0.1) is 0 Å². The van der Waals surface area contributed by atoms with Gasteiger partial charge in [-0.1, -0.05) is 46.9 Å². The molecular weight excluding hydrogens is 531 g/mol. The zero-order chi connectivity index (χ0) is 25.0. The average Bonchev–Trinajstić information content (AvgIpc) is 3.31. The van der Waals surface area contributed by atoms with Crippen molar-refractivity contribution in [3.05, 3.63) is 81.3 Å². The van der Waals surface area contributed by atoms with Crippen molar-refractivity contribution < 1.29 is 18.3 Å². The van der Waals surface area contributed by atoms with Crippen LogP contribution in [-0.2, 0) is 16.6 Å². The fourth-order valence-electron chi connectivity index (χ4n) is 4.03. The molecule has 0 spiro atoms. The van der Waals surface area contributed by atoms with E-state index in [-0.39, 0.29) is 32.3 Å². The highest BCUT2D eigenvalue weighted by atomic mass is 35.5. The highest BCUT2D eigenvalue weighted by molar-refractivity contribution is 7.93. The molecule has 35 heavy (non-hydrogen) atoms. The van der Waals surface area contributed by atoms with Gasteiger partial charge in [0.1, 0.15) is 23.0 Å². The van der Waals surface area contributed by atoms with Crippen molar-refractivity contribution in [2.24, 2.45) is 0 Å². The Morgan fingerprint density at radius 2 is 1.60 bits per heavy atom. The van der Waals surface area contributed by atoms with Gasteiger partial charge in [-0.15, -0.1) is 0 Å². The Labute approximate surface area is 220 Å². The molecule has 6 nitrogen and oxygen atoms in total. The van der Waals surface area contributed by atoms with E-state index in [1.54, 1.807) is 36.4 Å². The van der Waals surface area contributed by atoms with Crippen molar-refractivity contribution in [1.82, 2.24) is 4.90 Å². The number of nitrogens with zero attached hydrogens (tertiary/aromatic N) is 2. The Morgan fingerprint density at radius 1 is 0.943 bits per heavy atom. The Hall–Kier alpha value is -2.16. The van der Waals surface area contributed by atoms with Crippen molar-refractivity contribution in [2.75, 3.05) is 30.5 Å². The van der Waals surface area contributed by atoms with Gasteiger partial charge in [0.15, 0.2) is 0 Å². The average molecular weight is 556 g/mol. The molecule has 3 aromatic carbocycles. The summed E-state index contributed by atoms with van der Waals surface area (Å²) in [6, 6.07) is 15.9. The van der Waals surface area contributed by atoms with Gasteiger partial charge in [0.05, 0.1) is 22.3 Å². The Balaban J connectivity index is 1.63. The number of phenolic OH excluding ortho intramolecular Hbond substituents is 1. The fourth-order valence-corrected chi connectivity index (χ4v) is 6.98. The molecule has 1 aliphatic heterocycles. The molecule has 0 atom stereocenters. The van der Waals surface area contributed by atoms with Crippen LogP contribution in [0.2, 0.25) is 15.1 Å². The Bertz CT molecular complexity index is 1260. The van der Waals surface area contributed by atoms with Crippen LogP contribution < -0.4 is 9.04 Å². The first kappa shape index (κ1) is 25.9. The summed E-state index contributed by atoms with van der Waals surface area (Å²) in [5.74, 6) is 0.675. The van der Waals surface area contributed by atoms with E-state index >= 15 is 0 Å². The van der Waals surface area contributed by atoms with Crippen LogP contribution in [0.25, 0.3) is 0 Å². The first-order chi connectivity index (χ1) is 16.7. The maximum atomic E-state index is 13.8. The quantitative estimate of drug-likeness (QED) is 0.339.